The minimum atomic E-state index is -0.294. The molecule has 5 nitrogen and oxygen atoms in total. The summed E-state index contributed by atoms with van der Waals surface area (Å²) in [4.78, 5) is 0. The number of ether oxygens (including phenoxy) is 3. The number of methoxy groups -OCH3 is 2. The number of para-hydroxylation sites is 1. The third-order valence-corrected chi connectivity index (χ3v) is 6.01. The summed E-state index contributed by atoms with van der Waals surface area (Å²) < 4.78 is 17.4. The van der Waals surface area contributed by atoms with Gasteiger partial charge in [-0.15, -0.1) is 0 Å². The third-order valence-electron chi connectivity index (χ3n) is 6.01. The van der Waals surface area contributed by atoms with Crippen LogP contribution in [-0.4, -0.2) is 30.7 Å². The first-order valence-corrected chi connectivity index (χ1v) is 9.61. The Labute approximate surface area is 159 Å². The van der Waals surface area contributed by atoms with Crippen molar-refractivity contribution in [2.75, 3.05) is 14.2 Å². The quantitative estimate of drug-likeness (QED) is 0.803. The molecule has 27 heavy (non-hydrogen) atoms. The summed E-state index contributed by atoms with van der Waals surface area (Å²) in [5.41, 5.74) is 3.09. The van der Waals surface area contributed by atoms with E-state index >= 15 is 0 Å². The molecule has 2 aliphatic heterocycles. The van der Waals surface area contributed by atoms with E-state index in [-0.39, 0.29) is 11.8 Å². The van der Waals surface area contributed by atoms with Gasteiger partial charge in [0.1, 0.15) is 5.75 Å². The molecule has 5 rings (SSSR count). The maximum Gasteiger partial charge on any atom is 0.198 e. The molecule has 1 aliphatic carbocycles. The van der Waals surface area contributed by atoms with Crippen LogP contribution in [0.25, 0.3) is 0 Å². The first-order valence-electron chi connectivity index (χ1n) is 9.61. The summed E-state index contributed by atoms with van der Waals surface area (Å²) >= 11 is 0. The number of rotatable bonds is 3. The smallest absolute Gasteiger partial charge is 0.198 e. The zero-order chi connectivity index (χ0) is 18.4. The van der Waals surface area contributed by atoms with Crippen LogP contribution in [0.15, 0.2) is 47.6 Å². The summed E-state index contributed by atoms with van der Waals surface area (Å²) in [6.07, 6.45) is 5.30. The van der Waals surface area contributed by atoms with E-state index in [4.69, 9.17) is 19.3 Å². The van der Waals surface area contributed by atoms with Crippen LogP contribution in [-0.2, 0) is 0 Å². The second-order valence-corrected chi connectivity index (χ2v) is 7.47. The van der Waals surface area contributed by atoms with Gasteiger partial charge in [0.15, 0.2) is 17.2 Å². The van der Waals surface area contributed by atoms with Gasteiger partial charge in [-0.05, 0) is 37.1 Å². The molecule has 0 radical (unpaired) electrons. The molecule has 2 heterocycles. The van der Waals surface area contributed by atoms with Gasteiger partial charge in [0.2, 0.25) is 0 Å². The molecular weight excluding hydrogens is 340 g/mol. The highest BCUT2D eigenvalue weighted by Gasteiger charge is 2.51. The number of fused-ring (bicyclic) bond motifs is 4. The van der Waals surface area contributed by atoms with Crippen molar-refractivity contribution < 1.29 is 14.2 Å². The molecule has 0 amide bonds. The molecule has 0 aromatic heterocycles. The van der Waals surface area contributed by atoms with Crippen LogP contribution in [0.5, 0.6) is 17.2 Å². The number of hydrazone groups is 1. The first-order chi connectivity index (χ1) is 13.2. The Bertz CT molecular complexity index is 902. The van der Waals surface area contributed by atoms with Gasteiger partial charge in [0, 0.05) is 30.4 Å². The van der Waals surface area contributed by atoms with Gasteiger partial charge in [0.25, 0.3) is 0 Å². The molecule has 2 aromatic rings. The lowest BCUT2D eigenvalue weighted by Crippen LogP contribution is -2.51. The fourth-order valence-corrected chi connectivity index (χ4v) is 4.68. The third kappa shape index (κ3) is 2.48. The van der Waals surface area contributed by atoms with E-state index in [0.29, 0.717) is 0 Å². The van der Waals surface area contributed by atoms with Crippen LogP contribution < -0.4 is 14.2 Å². The molecule has 0 unspecified atom stereocenters. The topological polar surface area (TPSA) is 43.3 Å². The van der Waals surface area contributed by atoms with Gasteiger partial charge < -0.3 is 14.2 Å². The van der Waals surface area contributed by atoms with Crippen molar-refractivity contribution in [1.29, 1.82) is 0 Å². The zero-order valence-corrected chi connectivity index (χ0v) is 15.8. The molecule has 1 spiro atoms. The van der Waals surface area contributed by atoms with Gasteiger partial charge in [-0.25, -0.2) is 5.01 Å². The summed E-state index contributed by atoms with van der Waals surface area (Å²) in [6, 6.07) is 14.7. The average Bonchev–Trinajstić information content (AvgIpc) is 3.36. The van der Waals surface area contributed by atoms with Crippen LogP contribution in [0.3, 0.4) is 0 Å². The lowest BCUT2D eigenvalue weighted by atomic mass is 9.94. The van der Waals surface area contributed by atoms with E-state index in [9.17, 15) is 0 Å². The molecular formula is C22H24N2O3. The van der Waals surface area contributed by atoms with Crippen molar-refractivity contribution in [3.05, 3.63) is 53.6 Å². The SMILES string of the molecule is COc1ccc(C2=NN3[C@@H](C2)c2ccccc2OC32CCCC2)cc1OC. The molecule has 2 aromatic carbocycles. The Balaban J connectivity index is 1.57. The van der Waals surface area contributed by atoms with Crippen LogP contribution in [0.4, 0.5) is 0 Å². The Kier molecular flexibility index (Phi) is 3.78. The predicted molar refractivity (Wildman–Crippen MR) is 104 cm³/mol. The van der Waals surface area contributed by atoms with E-state index < -0.39 is 0 Å². The average molecular weight is 364 g/mol. The van der Waals surface area contributed by atoms with Gasteiger partial charge in [0.05, 0.1) is 26.0 Å². The molecule has 3 aliphatic rings. The monoisotopic (exact) mass is 364 g/mol. The standard InChI is InChI=1S/C22H24N2O3/c1-25-20-10-9-15(13-21(20)26-2)17-14-18-16-7-3-4-8-19(16)27-22(24(18)23-17)11-5-6-12-22/h3-4,7-10,13,18H,5-6,11-12,14H2,1-2H3/t18-/m0/s1. The highest BCUT2D eigenvalue weighted by atomic mass is 16.5. The molecule has 1 fully saturated rings. The van der Waals surface area contributed by atoms with Crippen LogP contribution in [0.2, 0.25) is 0 Å². The first kappa shape index (κ1) is 16.5. The second kappa shape index (κ2) is 6.19. The van der Waals surface area contributed by atoms with E-state index in [1.165, 1.54) is 18.4 Å². The van der Waals surface area contributed by atoms with E-state index in [2.05, 4.69) is 35.3 Å². The van der Waals surface area contributed by atoms with E-state index in [1.807, 2.05) is 12.1 Å². The number of nitrogens with zero attached hydrogens (tertiary/aromatic N) is 2. The van der Waals surface area contributed by atoms with Crippen molar-refractivity contribution in [2.45, 2.75) is 43.9 Å². The maximum absolute atomic E-state index is 6.53. The van der Waals surface area contributed by atoms with E-state index in [1.54, 1.807) is 14.2 Å². The van der Waals surface area contributed by atoms with Crippen LogP contribution >= 0.6 is 0 Å². The van der Waals surface area contributed by atoms with E-state index in [0.717, 1.165) is 47.8 Å². The molecule has 0 N–H and O–H groups in total. The van der Waals surface area contributed by atoms with Crippen molar-refractivity contribution in [3.8, 4) is 17.2 Å². The molecule has 1 atom stereocenters. The second-order valence-electron chi connectivity index (χ2n) is 7.47. The predicted octanol–water partition coefficient (Wildman–Crippen LogP) is 4.52. The highest BCUT2D eigenvalue weighted by molar-refractivity contribution is 6.02. The normalized spacial score (nSPS) is 22.1. The van der Waals surface area contributed by atoms with Crippen molar-refractivity contribution in [1.82, 2.24) is 5.01 Å². The van der Waals surface area contributed by atoms with Gasteiger partial charge >= 0.3 is 0 Å². The van der Waals surface area contributed by atoms with Crippen molar-refractivity contribution in [3.63, 3.8) is 0 Å². The summed E-state index contributed by atoms with van der Waals surface area (Å²) in [6.45, 7) is 0. The number of benzene rings is 2. The Morgan fingerprint density at radius 3 is 2.59 bits per heavy atom. The summed E-state index contributed by atoms with van der Waals surface area (Å²) in [5.74, 6) is 2.48. The van der Waals surface area contributed by atoms with Crippen molar-refractivity contribution >= 4 is 5.71 Å². The van der Waals surface area contributed by atoms with Crippen LogP contribution in [0.1, 0.15) is 49.3 Å². The molecule has 5 heteroatoms. The van der Waals surface area contributed by atoms with Crippen molar-refractivity contribution in [2.24, 2.45) is 5.10 Å². The number of hydrogen-bond donors (Lipinski definition) is 0. The summed E-state index contributed by atoms with van der Waals surface area (Å²) in [5, 5.41) is 7.32. The molecule has 1 saturated carbocycles. The summed E-state index contributed by atoms with van der Waals surface area (Å²) in [7, 11) is 3.32. The fourth-order valence-electron chi connectivity index (χ4n) is 4.68. The van der Waals surface area contributed by atoms with Crippen LogP contribution in [0, 0.1) is 0 Å². The zero-order valence-electron chi connectivity index (χ0n) is 15.8. The van der Waals surface area contributed by atoms with Gasteiger partial charge in [-0.1, -0.05) is 18.2 Å². The Morgan fingerprint density at radius 1 is 1.04 bits per heavy atom. The molecule has 0 bridgehead atoms. The minimum absolute atomic E-state index is 0.233. The maximum atomic E-state index is 6.53. The lowest BCUT2D eigenvalue weighted by Gasteiger charge is -2.45. The molecule has 140 valence electrons. The molecule has 0 saturated heterocycles. The van der Waals surface area contributed by atoms with Gasteiger partial charge in [-0.2, -0.15) is 5.10 Å². The van der Waals surface area contributed by atoms with Gasteiger partial charge in [-0.3, -0.25) is 0 Å². The number of hydrogen-bond acceptors (Lipinski definition) is 5. The Hall–Kier alpha value is -2.69. The highest BCUT2D eigenvalue weighted by Crippen LogP contribution is 2.52. The Morgan fingerprint density at radius 2 is 1.81 bits per heavy atom. The lowest BCUT2D eigenvalue weighted by molar-refractivity contribution is -0.114. The fraction of sp³-hybridized carbons (Fsp3) is 0.409. The minimum Gasteiger partial charge on any atom is -0.493 e. The largest absolute Gasteiger partial charge is 0.493 e.